The van der Waals surface area contributed by atoms with Gasteiger partial charge in [0, 0.05) is 20.1 Å². The average molecular weight is 307 g/mol. The predicted molar refractivity (Wildman–Crippen MR) is 87.3 cm³/mol. The lowest BCUT2D eigenvalue weighted by molar-refractivity contribution is 0.0572. The van der Waals surface area contributed by atoms with Gasteiger partial charge in [0.15, 0.2) is 5.96 Å². The van der Waals surface area contributed by atoms with Gasteiger partial charge in [-0.15, -0.1) is 0 Å². The monoisotopic (exact) mass is 307 g/mol. The van der Waals surface area contributed by atoms with E-state index in [1.165, 1.54) is 12.1 Å². The number of hydrogen-bond donors (Lipinski definition) is 2. The number of halogens is 1. The minimum Gasteiger partial charge on any atom is -0.388 e. The smallest absolute Gasteiger partial charge is 0.194 e. The highest BCUT2D eigenvalue weighted by Crippen LogP contribution is 2.29. The Hall–Kier alpha value is -1.62. The molecular weight excluding hydrogens is 281 g/mol. The van der Waals surface area contributed by atoms with Crippen LogP contribution in [0.4, 0.5) is 4.39 Å². The molecule has 0 aromatic heterocycles. The molecule has 0 amide bonds. The van der Waals surface area contributed by atoms with E-state index < -0.39 is 5.60 Å². The number of guanidine groups is 1. The van der Waals surface area contributed by atoms with Crippen molar-refractivity contribution in [2.24, 2.45) is 4.99 Å². The van der Waals surface area contributed by atoms with Crippen molar-refractivity contribution in [2.75, 3.05) is 20.1 Å². The molecule has 1 saturated carbocycles. The zero-order valence-corrected chi connectivity index (χ0v) is 13.5. The van der Waals surface area contributed by atoms with Crippen LogP contribution in [-0.4, -0.2) is 41.7 Å². The van der Waals surface area contributed by atoms with Crippen LogP contribution in [0.1, 0.15) is 38.2 Å². The SMILES string of the molecule is CCNC(=NCC1(O)CCCC1)N(C)Cc1cccc(F)c1. The molecule has 5 heteroatoms. The van der Waals surface area contributed by atoms with Crippen LogP contribution in [0.2, 0.25) is 0 Å². The normalized spacial score (nSPS) is 17.5. The first kappa shape index (κ1) is 16.7. The molecule has 0 heterocycles. The van der Waals surface area contributed by atoms with Crippen molar-refractivity contribution in [2.45, 2.75) is 44.8 Å². The maximum Gasteiger partial charge on any atom is 0.194 e. The van der Waals surface area contributed by atoms with E-state index in [-0.39, 0.29) is 5.82 Å². The van der Waals surface area contributed by atoms with Gasteiger partial charge in [-0.05, 0) is 37.5 Å². The summed E-state index contributed by atoms with van der Waals surface area (Å²) in [6.45, 7) is 3.76. The topological polar surface area (TPSA) is 47.9 Å². The van der Waals surface area contributed by atoms with E-state index in [9.17, 15) is 9.50 Å². The predicted octanol–water partition coefficient (Wildman–Crippen LogP) is 2.53. The van der Waals surface area contributed by atoms with E-state index in [1.807, 2.05) is 24.9 Å². The van der Waals surface area contributed by atoms with E-state index in [0.717, 1.165) is 43.8 Å². The fourth-order valence-corrected chi connectivity index (χ4v) is 2.87. The largest absolute Gasteiger partial charge is 0.388 e. The van der Waals surface area contributed by atoms with Gasteiger partial charge in [0.25, 0.3) is 0 Å². The first-order chi connectivity index (χ1) is 10.5. The molecule has 0 radical (unpaired) electrons. The first-order valence-corrected chi connectivity index (χ1v) is 7.99. The van der Waals surface area contributed by atoms with Crippen molar-refractivity contribution < 1.29 is 9.50 Å². The molecule has 0 aliphatic heterocycles. The number of rotatable bonds is 5. The Morgan fingerprint density at radius 3 is 2.77 bits per heavy atom. The Morgan fingerprint density at radius 2 is 2.14 bits per heavy atom. The molecule has 1 fully saturated rings. The lowest BCUT2D eigenvalue weighted by atomic mass is 10.0. The minimum atomic E-state index is -0.652. The second-order valence-electron chi connectivity index (χ2n) is 6.09. The van der Waals surface area contributed by atoms with Crippen LogP contribution >= 0.6 is 0 Å². The molecule has 122 valence electrons. The van der Waals surface area contributed by atoms with Gasteiger partial charge in [-0.3, -0.25) is 4.99 Å². The lowest BCUT2D eigenvalue weighted by Crippen LogP contribution is -2.40. The summed E-state index contributed by atoms with van der Waals surface area (Å²) in [5.74, 6) is 0.514. The minimum absolute atomic E-state index is 0.229. The third kappa shape index (κ3) is 4.70. The van der Waals surface area contributed by atoms with E-state index in [4.69, 9.17) is 0 Å². The van der Waals surface area contributed by atoms with Crippen LogP contribution in [0.5, 0.6) is 0 Å². The highest BCUT2D eigenvalue weighted by Gasteiger charge is 2.30. The summed E-state index contributed by atoms with van der Waals surface area (Å²) in [6, 6.07) is 6.58. The number of hydrogen-bond acceptors (Lipinski definition) is 2. The molecule has 22 heavy (non-hydrogen) atoms. The van der Waals surface area contributed by atoms with E-state index >= 15 is 0 Å². The van der Waals surface area contributed by atoms with Crippen molar-refractivity contribution >= 4 is 5.96 Å². The van der Waals surface area contributed by atoms with Crippen molar-refractivity contribution in [1.82, 2.24) is 10.2 Å². The highest BCUT2D eigenvalue weighted by molar-refractivity contribution is 5.79. The van der Waals surface area contributed by atoms with Crippen molar-refractivity contribution in [3.63, 3.8) is 0 Å². The maximum atomic E-state index is 13.3. The van der Waals surface area contributed by atoms with Crippen LogP contribution in [0, 0.1) is 5.82 Å². The molecule has 0 saturated heterocycles. The second kappa shape index (κ2) is 7.58. The molecule has 1 aliphatic rings. The van der Waals surface area contributed by atoms with Crippen LogP contribution in [-0.2, 0) is 6.54 Å². The second-order valence-corrected chi connectivity index (χ2v) is 6.09. The highest BCUT2D eigenvalue weighted by atomic mass is 19.1. The molecule has 1 aromatic carbocycles. The molecule has 4 nitrogen and oxygen atoms in total. The Kier molecular flexibility index (Phi) is 5.77. The molecule has 2 N–H and O–H groups in total. The van der Waals surface area contributed by atoms with Gasteiger partial charge in [0.05, 0.1) is 12.1 Å². The Balaban J connectivity index is 2.02. The van der Waals surface area contributed by atoms with Crippen molar-refractivity contribution in [3.8, 4) is 0 Å². The van der Waals surface area contributed by atoms with E-state index in [0.29, 0.717) is 13.1 Å². The zero-order chi connectivity index (χ0) is 16.0. The van der Waals surface area contributed by atoms with E-state index in [2.05, 4.69) is 10.3 Å². The molecule has 2 rings (SSSR count). The summed E-state index contributed by atoms with van der Waals surface area (Å²) in [5.41, 5.74) is 0.244. The molecule has 0 bridgehead atoms. The van der Waals surface area contributed by atoms with Gasteiger partial charge in [0.2, 0.25) is 0 Å². The summed E-state index contributed by atoms with van der Waals surface area (Å²) in [5, 5.41) is 13.6. The van der Waals surface area contributed by atoms with Gasteiger partial charge in [0.1, 0.15) is 5.82 Å². The molecular formula is C17H26FN3O. The third-order valence-electron chi connectivity index (χ3n) is 4.06. The number of aliphatic imine (C=N–C) groups is 1. The summed E-state index contributed by atoms with van der Waals surface area (Å²) < 4.78 is 13.3. The van der Waals surface area contributed by atoms with Gasteiger partial charge in [-0.1, -0.05) is 25.0 Å². The summed E-state index contributed by atoms with van der Waals surface area (Å²) in [6.07, 6.45) is 3.79. The number of benzene rings is 1. The summed E-state index contributed by atoms with van der Waals surface area (Å²) in [7, 11) is 1.92. The summed E-state index contributed by atoms with van der Waals surface area (Å²) >= 11 is 0. The Bertz CT molecular complexity index is 512. The quantitative estimate of drug-likeness (QED) is 0.649. The van der Waals surface area contributed by atoms with E-state index in [1.54, 1.807) is 6.07 Å². The zero-order valence-electron chi connectivity index (χ0n) is 13.5. The van der Waals surface area contributed by atoms with Gasteiger partial charge in [-0.25, -0.2) is 4.39 Å². The lowest BCUT2D eigenvalue weighted by Gasteiger charge is -2.25. The summed E-state index contributed by atoms with van der Waals surface area (Å²) in [4.78, 5) is 6.53. The fourth-order valence-electron chi connectivity index (χ4n) is 2.87. The molecule has 1 aromatic rings. The molecule has 0 atom stereocenters. The van der Waals surface area contributed by atoms with Gasteiger partial charge < -0.3 is 15.3 Å². The van der Waals surface area contributed by atoms with Crippen molar-refractivity contribution in [1.29, 1.82) is 0 Å². The fraction of sp³-hybridized carbons (Fsp3) is 0.588. The Labute approximate surface area is 132 Å². The van der Waals surface area contributed by atoms with Crippen molar-refractivity contribution in [3.05, 3.63) is 35.6 Å². The number of nitrogens with zero attached hydrogens (tertiary/aromatic N) is 2. The molecule has 1 aliphatic carbocycles. The van der Waals surface area contributed by atoms with Crippen LogP contribution in [0.15, 0.2) is 29.3 Å². The van der Waals surface area contributed by atoms with Crippen LogP contribution < -0.4 is 5.32 Å². The molecule has 0 spiro atoms. The van der Waals surface area contributed by atoms with Gasteiger partial charge >= 0.3 is 0 Å². The number of nitrogens with one attached hydrogen (secondary N) is 1. The van der Waals surface area contributed by atoms with Crippen LogP contribution in [0.25, 0.3) is 0 Å². The first-order valence-electron chi connectivity index (χ1n) is 7.99. The molecule has 0 unspecified atom stereocenters. The standard InChI is InChI=1S/C17H26FN3O/c1-3-19-16(20-13-17(22)9-4-5-10-17)21(2)12-14-7-6-8-15(18)11-14/h6-8,11,22H,3-5,9-10,12-13H2,1-2H3,(H,19,20). The Morgan fingerprint density at radius 1 is 1.41 bits per heavy atom. The maximum absolute atomic E-state index is 13.3. The van der Waals surface area contributed by atoms with Crippen LogP contribution in [0.3, 0.4) is 0 Å². The van der Waals surface area contributed by atoms with Gasteiger partial charge in [-0.2, -0.15) is 0 Å². The number of aliphatic hydroxyl groups is 1. The average Bonchev–Trinajstić information content (AvgIpc) is 2.90. The third-order valence-corrected chi connectivity index (χ3v) is 4.06.